The predicted molar refractivity (Wildman–Crippen MR) is 211 cm³/mol. The van der Waals surface area contributed by atoms with Crippen molar-refractivity contribution in [3.8, 4) is 0 Å². The van der Waals surface area contributed by atoms with Gasteiger partial charge in [-0.1, -0.05) is 76.9 Å². The molecule has 0 unspecified atom stereocenters. The summed E-state index contributed by atoms with van der Waals surface area (Å²) in [5.74, 6) is 0. The summed E-state index contributed by atoms with van der Waals surface area (Å²) in [4.78, 5) is 0. The smallest absolute Gasteiger partial charge is 0.109 e. The van der Waals surface area contributed by atoms with E-state index in [1.54, 1.807) is 12.1 Å². The van der Waals surface area contributed by atoms with Crippen molar-refractivity contribution in [2.75, 3.05) is 0 Å². The third-order valence-electron chi connectivity index (χ3n) is 7.98. The van der Waals surface area contributed by atoms with Gasteiger partial charge in [0, 0.05) is 0 Å². The van der Waals surface area contributed by atoms with Crippen LogP contribution in [0.4, 0.5) is 0 Å². The van der Waals surface area contributed by atoms with Crippen LogP contribution in [-0.4, -0.2) is 3.21 Å². The van der Waals surface area contributed by atoms with Crippen LogP contribution in [0.3, 0.4) is 0 Å². The van der Waals surface area contributed by atoms with Crippen LogP contribution < -0.4 is 0 Å². The van der Waals surface area contributed by atoms with Crippen molar-refractivity contribution in [1.29, 1.82) is 0 Å². The molecule has 0 amide bonds. The number of rotatable bonds is 2. The SMILES string of the molecule is CC(C)(C)c1ccc2c(c1)[cH-]c1cc(C(C)(C)C)ccc12.ClC(Cl)(Cl)c1cccc([C](=[Zr+2])c2cccc(C(Cl)(Cl)Cl)c2)c1.[C-]1=CC=CC1. The van der Waals surface area contributed by atoms with Crippen LogP contribution in [-0.2, 0) is 42.7 Å². The van der Waals surface area contributed by atoms with E-state index in [9.17, 15) is 0 Å². The van der Waals surface area contributed by atoms with Crippen molar-refractivity contribution < 1.29 is 24.2 Å². The van der Waals surface area contributed by atoms with Crippen LogP contribution in [0.5, 0.6) is 0 Å². The first-order chi connectivity index (χ1) is 22.2. The van der Waals surface area contributed by atoms with E-state index in [0.717, 1.165) is 20.8 Å². The quantitative estimate of drug-likeness (QED) is 0.123. The number of hydrogen-bond acceptors (Lipinski definition) is 0. The van der Waals surface area contributed by atoms with Crippen molar-refractivity contribution in [3.63, 3.8) is 0 Å². The Morgan fingerprint density at radius 1 is 0.604 bits per heavy atom. The predicted octanol–water partition coefficient (Wildman–Crippen LogP) is 14.1. The molecule has 0 fully saturated rings. The molecular weight excluding hydrogens is 796 g/mol. The minimum absolute atomic E-state index is 0.203. The van der Waals surface area contributed by atoms with E-state index in [-0.39, 0.29) is 10.8 Å². The first-order valence-corrected chi connectivity index (χ1v) is 19.0. The molecule has 1 aliphatic carbocycles. The van der Waals surface area contributed by atoms with Gasteiger partial charge in [-0.3, -0.25) is 6.08 Å². The molecule has 7 heteroatoms. The maximum absolute atomic E-state index is 5.94. The molecule has 0 saturated carbocycles. The van der Waals surface area contributed by atoms with Crippen molar-refractivity contribution in [3.05, 3.63) is 149 Å². The zero-order valence-corrected chi connectivity index (χ0v) is 34.9. The van der Waals surface area contributed by atoms with E-state index in [1.807, 2.05) is 48.6 Å². The molecule has 0 N–H and O–H groups in total. The van der Waals surface area contributed by atoms with Crippen molar-refractivity contribution in [2.45, 2.75) is 66.4 Å². The molecule has 0 nitrogen and oxygen atoms in total. The summed E-state index contributed by atoms with van der Waals surface area (Å²) in [5, 5.41) is 5.48. The van der Waals surface area contributed by atoms with E-state index < -0.39 is 7.59 Å². The summed E-state index contributed by atoms with van der Waals surface area (Å²) in [5.41, 5.74) is 6.40. The number of halogens is 6. The van der Waals surface area contributed by atoms with E-state index >= 15 is 0 Å². The van der Waals surface area contributed by atoms with Crippen molar-refractivity contribution >= 4 is 94.4 Å². The Balaban J connectivity index is 0.000000189. The summed E-state index contributed by atoms with van der Waals surface area (Å²) >= 11 is 36.9. The van der Waals surface area contributed by atoms with Crippen molar-refractivity contribution in [1.82, 2.24) is 0 Å². The van der Waals surface area contributed by atoms with Crippen LogP contribution in [0, 0.1) is 6.08 Å². The van der Waals surface area contributed by atoms with Gasteiger partial charge in [0.2, 0.25) is 0 Å². The Hall–Kier alpha value is -1.28. The maximum Gasteiger partial charge on any atom is -0.109 e. The minimum Gasteiger partial charge on any atom is -0.273 e. The third kappa shape index (κ3) is 10.6. The fourth-order valence-corrected chi connectivity index (χ4v) is 6.63. The van der Waals surface area contributed by atoms with Crippen LogP contribution in [0.2, 0.25) is 0 Å². The summed E-state index contributed by atoms with van der Waals surface area (Å²) < 4.78 is -1.82. The summed E-state index contributed by atoms with van der Waals surface area (Å²) in [6.07, 6.45) is 10.0. The zero-order valence-electron chi connectivity index (χ0n) is 27.9. The maximum atomic E-state index is 5.94. The standard InChI is InChI=1S/C21H25.C15H8Cl6.C5H5.Zr/c1-20(2,3)16-7-9-18-14(12-16)11-15-13-17(21(4,5)6)8-10-19(15)18;16-14(17,18)12-5-1-3-10(8-12)7-11-4-2-6-13(9-11)15(19,20)21;1-2-4-5-3-1;/h7-13H,1-6H3;1-6,8-9H;1-3H,4H2;/q-1;;-1;+2. The van der Waals surface area contributed by atoms with Gasteiger partial charge in [0.05, 0.1) is 0 Å². The normalized spacial score (nSPS) is 13.3. The van der Waals surface area contributed by atoms with Gasteiger partial charge in [0.1, 0.15) is 0 Å². The molecule has 0 radical (unpaired) electrons. The molecule has 0 bridgehead atoms. The number of fused-ring (bicyclic) bond motifs is 3. The third-order valence-corrected chi connectivity index (χ3v) is 10.7. The van der Waals surface area contributed by atoms with Gasteiger partial charge >= 0.3 is 175 Å². The summed E-state index contributed by atoms with van der Waals surface area (Å²) in [7, 11) is 0. The molecule has 48 heavy (non-hydrogen) atoms. The molecule has 0 heterocycles. The number of alkyl halides is 6. The Labute approximate surface area is 330 Å². The Kier molecular flexibility index (Phi) is 13.1. The molecule has 5 aromatic rings. The molecule has 5 aromatic carbocycles. The van der Waals surface area contributed by atoms with Crippen LogP contribution in [0.1, 0.15) is 81.3 Å². The van der Waals surface area contributed by atoms with Crippen molar-refractivity contribution in [2.24, 2.45) is 0 Å². The van der Waals surface area contributed by atoms with Gasteiger partial charge in [0.15, 0.2) is 0 Å². The largest absolute Gasteiger partial charge is 0.273 e. The van der Waals surface area contributed by atoms with Crippen LogP contribution >= 0.6 is 69.6 Å². The molecule has 0 aliphatic heterocycles. The minimum atomic E-state index is -1.45. The molecule has 0 spiro atoms. The second-order valence-electron chi connectivity index (χ2n) is 13.8. The Morgan fingerprint density at radius 3 is 1.35 bits per heavy atom. The van der Waals surface area contributed by atoms with Gasteiger partial charge in [-0.2, -0.15) is 6.08 Å². The first kappa shape index (κ1) is 39.5. The Morgan fingerprint density at radius 2 is 1.04 bits per heavy atom. The molecular formula is C41H38Cl6Zr. The van der Waals surface area contributed by atoms with Gasteiger partial charge in [-0.15, -0.1) is 46.2 Å². The molecule has 0 atom stereocenters. The Bertz CT molecular complexity index is 1820. The van der Waals surface area contributed by atoms with Gasteiger partial charge in [0.25, 0.3) is 0 Å². The number of allylic oxidation sites excluding steroid dienone is 4. The van der Waals surface area contributed by atoms with Gasteiger partial charge in [-0.25, -0.2) is 12.2 Å². The van der Waals surface area contributed by atoms with E-state index in [1.165, 1.54) is 56.9 Å². The topological polar surface area (TPSA) is 0 Å². The summed E-state index contributed by atoms with van der Waals surface area (Å²) in [6.45, 7) is 13.6. The van der Waals surface area contributed by atoms with E-state index in [2.05, 4.69) is 96.2 Å². The second-order valence-corrected chi connectivity index (χ2v) is 19.6. The molecule has 0 saturated heterocycles. The molecule has 0 aromatic heterocycles. The molecule has 248 valence electrons. The number of benzene rings is 4. The van der Waals surface area contributed by atoms with E-state index in [4.69, 9.17) is 69.6 Å². The molecule has 6 rings (SSSR count). The monoisotopic (exact) mass is 830 g/mol. The first-order valence-electron chi connectivity index (χ1n) is 15.5. The van der Waals surface area contributed by atoms with Crippen LogP contribution in [0.15, 0.2) is 109 Å². The number of hydrogen-bond donors (Lipinski definition) is 0. The van der Waals surface area contributed by atoms with E-state index in [0.29, 0.717) is 11.1 Å². The summed E-state index contributed by atoms with van der Waals surface area (Å²) in [6, 6.07) is 31.1. The average Bonchev–Trinajstić information content (AvgIpc) is 3.71. The van der Waals surface area contributed by atoms with Gasteiger partial charge < -0.3 is 0 Å². The average molecular weight is 835 g/mol. The van der Waals surface area contributed by atoms with Crippen LogP contribution in [0.25, 0.3) is 21.5 Å². The second kappa shape index (κ2) is 15.9. The fourth-order valence-electron chi connectivity index (χ4n) is 5.16. The fraction of sp³-hybridized carbons (Fsp3) is 0.268. The zero-order chi connectivity index (χ0) is 35.5. The molecule has 1 aliphatic rings. The van der Waals surface area contributed by atoms with Gasteiger partial charge in [-0.05, 0) is 10.8 Å².